The lowest BCUT2D eigenvalue weighted by molar-refractivity contribution is -0.0595. The molecule has 0 radical (unpaired) electrons. The van der Waals surface area contributed by atoms with Crippen LogP contribution in [0.5, 0.6) is 0 Å². The summed E-state index contributed by atoms with van der Waals surface area (Å²) >= 11 is 0. The SMILES string of the molecule is CCCc1ncc(CN2[C@@H]3CC[C@@H]2CC(O)(c2ccc(F)cc2)C3)cn1. The topological polar surface area (TPSA) is 49.2 Å². The number of aryl methyl sites for hydroxylation is 1. The fourth-order valence-electron chi connectivity index (χ4n) is 4.60. The maximum atomic E-state index is 13.2. The van der Waals surface area contributed by atoms with Crippen LogP contribution in [0.1, 0.15) is 56.0 Å². The highest BCUT2D eigenvalue weighted by molar-refractivity contribution is 5.26. The van der Waals surface area contributed by atoms with Crippen LogP contribution in [-0.4, -0.2) is 32.1 Å². The molecule has 2 fully saturated rings. The molecule has 0 aliphatic carbocycles. The number of aliphatic hydroxyl groups is 1. The molecule has 2 aliphatic rings. The second-order valence-electron chi connectivity index (χ2n) is 7.76. The van der Waals surface area contributed by atoms with Gasteiger partial charge in [0.2, 0.25) is 0 Å². The van der Waals surface area contributed by atoms with E-state index < -0.39 is 5.60 Å². The van der Waals surface area contributed by atoms with Crippen molar-refractivity contribution in [2.75, 3.05) is 0 Å². The first-order valence-corrected chi connectivity index (χ1v) is 9.61. The van der Waals surface area contributed by atoms with Crippen molar-refractivity contribution < 1.29 is 9.50 Å². The number of nitrogens with zero attached hydrogens (tertiary/aromatic N) is 3. The molecule has 0 spiro atoms. The van der Waals surface area contributed by atoms with Gasteiger partial charge in [-0.2, -0.15) is 0 Å². The van der Waals surface area contributed by atoms with Crippen LogP contribution in [0.25, 0.3) is 0 Å². The average Bonchev–Trinajstić information content (AvgIpc) is 2.87. The molecule has 5 heteroatoms. The van der Waals surface area contributed by atoms with Gasteiger partial charge in [-0.05, 0) is 49.8 Å². The first-order valence-electron chi connectivity index (χ1n) is 9.61. The molecule has 1 N–H and O–H groups in total. The smallest absolute Gasteiger partial charge is 0.128 e. The summed E-state index contributed by atoms with van der Waals surface area (Å²) < 4.78 is 13.2. The molecule has 1 aromatic heterocycles. The number of piperidine rings is 1. The quantitative estimate of drug-likeness (QED) is 0.891. The Labute approximate surface area is 154 Å². The van der Waals surface area contributed by atoms with E-state index in [0.29, 0.717) is 24.9 Å². The lowest BCUT2D eigenvalue weighted by Gasteiger charge is -2.44. The summed E-state index contributed by atoms with van der Waals surface area (Å²) in [6.07, 6.45) is 9.45. The van der Waals surface area contributed by atoms with Crippen LogP contribution in [-0.2, 0) is 18.6 Å². The van der Waals surface area contributed by atoms with Gasteiger partial charge in [0.1, 0.15) is 11.6 Å². The molecule has 2 atom stereocenters. The van der Waals surface area contributed by atoms with Crippen LogP contribution >= 0.6 is 0 Å². The third kappa shape index (κ3) is 3.38. The third-order valence-electron chi connectivity index (χ3n) is 5.90. The van der Waals surface area contributed by atoms with Gasteiger partial charge >= 0.3 is 0 Å². The Bertz CT molecular complexity index is 733. The van der Waals surface area contributed by atoms with Crippen LogP contribution in [0.3, 0.4) is 0 Å². The highest BCUT2D eigenvalue weighted by Crippen LogP contribution is 2.46. The summed E-state index contributed by atoms with van der Waals surface area (Å²) in [5.41, 5.74) is 1.12. The number of halogens is 1. The predicted octanol–water partition coefficient (Wildman–Crippen LogP) is 3.58. The Balaban J connectivity index is 1.47. The maximum Gasteiger partial charge on any atom is 0.128 e. The average molecular weight is 355 g/mol. The zero-order valence-electron chi connectivity index (χ0n) is 15.2. The Morgan fingerprint density at radius 1 is 1.12 bits per heavy atom. The molecule has 4 nitrogen and oxygen atoms in total. The minimum Gasteiger partial charge on any atom is -0.385 e. The van der Waals surface area contributed by atoms with Crippen molar-refractivity contribution in [3.63, 3.8) is 0 Å². The first-order chi connectivity index (χ1) is 12.6. The molecular formula is C21H26FN3O. The number of hydrogen-bond donors (Lipinski definition) is 1. The molecule has 26 heavy (non-hydrogen) atoms. The van der Waals surface area contributed by atoms with Crippen molar-refractivity contribution in [1.82, 2.24) is 14.9 Å². The van der Waals surface area contributed by atoms with E-state index >= 15 is 0 Å². The van der Waals surface area contributed by atoms with E-state index in [-0.39, 0.29) is 5.82 Å². The van der Waals surface area contributed by atoms with Gasteiger partial charge in [0, 0.05) is 43.0 Å². The van der Waals surface area contributed by atoms with Crippen molar-refractivity contribution in [3.8, 4) is 0 Å². The third-order valence-corrected chi connectivity index (χ3v) is 5.90. The lowest BCUT2D eigenvalue weighted by Crippen LogP contribution is -2.49. The summed E-state index contributed by atoms with van der Waals surface area (Å²) in [7, 11) is 0. The minimum atomic E-state index is -0.850. The fraction of sp³-hybridized carbons (Fsp3) is 0.524. The van der Waals surface area contributed by atoms with Gasteiger partial charge < -0.3 is 5.11 Å². The molecule has 0 amide bonds. The highest BCUT2D eigenvalue weighted by Gasteiger charge is 2.48. The summed E-state index contributed by atoms with van der Waals surface area (Å²) in [6.45, 7) is 2.96. The van der Waals surface area contributed by atoms with E-state index in [1.54, 1.807) is 12.1 Å². The van der Waals surface area contributed by atoms with Crippen LogP contribution in [0.15, 0.2) is 36.7 Å². The van der Waals surface area contributed by atoms with Gasteiger partial charge in [0.25, 0.3) is 0 Å². The van der Waals surface area contributed by atoms with Crippen LogP contribution < -0.4 is 0 Å². The Morgan fingerprint density at radius 2 is 1.73 bits per heavy atom. The molecule has 2 aliphatic heterocycles. The van der Waals surface area contributed by atoms with E-state index in [0.717, 1.165) is 49.2 Å². The van der Waals surface area contributed by atoms with Gasteiger partial charge in [-0.1, -0.05) is 19.1 Å². The van der Waals surface area contributed by atoms with Crippen LogP contribution in [0.4, 0.5) is 4.39 Å². The lowest BCUT2D eigenvalue weighted by atomic mass is 9.80. The summed E-state index contributed by atoms with van der Waals surface area (Å²) in [6, 6.07) is 7.03. The molecular weight excluding hydrogens is 329 g/mol. The first kappa shape index (κ1) is 17.6. The normalized spacial score (nSPS) is 28.4. The molecule has 2 saturated heterocycles. The number of fused-ring (bicyclic) bond motifs is 2. The number of hydrogen-bond acceptors (Lipinski definition) is 4. The number of benzene rings is 1. The zero-order chi connectivity index (χ0) is 18.1. The Morgan fingerprint density at radius 3 is 2.31 bits per heavy atom. The van der Waals surface area contributed by atoms with Crippen molar-refractivity contribution >= 4 is 0 Å². The number of rotatable bonds is 5. The molecule has 2 bridgehead atoms. The molecule has 2 aromatic rings. The zero-order valence-corrected chi connectivity index (χ0v) is 15.2. The monoisotopic (exact) mass is 355 g/mol. The van der Waals surface area contributed by atoms with Crippen molar-refractivity contribution in [2.24, 2.45) is 0 Å². The van der Waals surface area contributed by atoms with Crippen LogP contribution in [0, 0.1) is 5.82 Å². The van der Waals surface area contributed by atoms with Gasteiger partial charge in [0.15, 0.2) is 0 Å². The van der Waals surface area contributed by atoms with Gasteiger partial charge in [-0.25, -0.2) is 14.4 Å². The van der Waals surface area contributed by atoms with Gasteiger partial charge in [-0.15, -0.1) is 0 Å². The van der Waals surface area contributed by atoms with E-state index in [4.69, 9.17) is 0 Å². The fourth-order valence-corrected chi connectivity index (χ4v) is 4.60. The Hall–Kier alpha value is -1.85. The molecule has 138 valence electrons. The summed E-state index contributed by atoms with van der Waals surface area (Å²) in [5.74, 6) is 0.646. The van der Waals surface area contributed by atoms with Crippen molar-refractivity contribution in [3.05, 3.63) is 59.4 Å². The minimum absolute atomic E-state index is 0.260. The molecule has 0 saturated carbocycles. The molecule has 4 rings (SSSR count). The standard InChI is InChI=1S/C21H26FN3O/c1-2-3-20-23-12-15(13-24-20)14-25-18-8-9-19(25)11-21(26,10-18)16-4-6-17(22)7-5-16/h4-7,12-13,18-19,26H,2-3,8-11,14H2,1H3/t18-,19-/m1/s1. The molecule has 0 unspecified atom stereocenters. The van der Waals surface area contributed by atoms with E-state index in [1.807, 2.05) is 12.4 Å². The molecule has 3 heterocycles. The molecule has 1 aromatic carbocycles. The second kappa shape index (κ2) is 7.05. The summed E-state index contributed by atoms with van der Waals surface area (Å²) in [4.78, 5) is 11.4. The Kier molecular flexibility index (Phi) is 4.76. The van der Waals surface area contributed by atoms with E-state index in [1.165, 1.54) is 12.1 Å². The second-order valence-corrected chi connectivity index (χ2v) is 7.76. The van der Waals surface area contributed by atoms with Gasteiger partial charge in [0.05, 0.1) is 5.60 Å². The number of aromatic nitrogens is 2. The largest absolute Gasteiger partial charge is 0.385 e. The predicted molar refractivity (Wildman–Crippen MR) is 97.9 cm³/mol. The maximum absolute atomic E-state index is 13.2. The van der Waals surface area contributed by atoms with Crippen LogP contribution in [0.2, 0.25) is 0 Å². The van der Waals surface area contributed by atoms with Crippen molar-refractivity contribution in [2.45, 2.75) is 69.7 Å². The highest BCUT2D eigenvalue weighted by atomic mass is 19.1. The van der Waals surface area contributed by atoms with Crippen molar-refractivity contribution in [1.29, 1.82) is 0 Å². The van der Waals surface area contributed by atoms with Gasteiger partial charge in [-0.3, -0.25) is 4.90 Å². The summed E-state index contributed by atoms with van der Waals surface area (Å²) in [5, 5.41) is 11.2. The van der Waals surface area contributed by atoms with E-state index in [9.17, 15) is 9.50 Å². The van der Waals surface area contributed by atoms with E-state index in [2.05, 4.69) is 21.8 Å².